The van der Waals surface area contributed by atoms with E-state index in [4.69, 9.17) is 0 Å². The summed E-state index contributed by atoms with van der Waals surface area (Å²) in [5, 5.41) is 19.1. The van der Waals surface area contributed by atoms with E-state index in [1.807, 2.05) is 0 Å². The van der Waals surface area contributed by atoms with Gasteiger partial charge in [-0.1, -0.05) is 32.6 Å². The number of hydrogen-bond donors (Lipinski definition) is 2. The first kappa shape index (κ1) is 11.0. The Morgan fingerprint density at radius 1 is 1.23 bits per heavy atom. The Balaban J connectivity index is 2.53. The van der Waals surface area contributed by atoms with Crippen molar-refractivity contribution in [3.05, 3.63) is 0 Å². The molecule has 1 fully saturated rings. The van der Waals surface area contributed by atoms with Gasteiger partial charge in [0.05, 0.1) is 12.2 Å². The highest BCUT2D eigenvalue weighted by Gasteiger charge is 2.31. The van der Waals surface area contributed by atoms with Gasteiger partial charge in [0.2, 0.25) is 0 Å². The van der Waals surface area contributed by atoms with Crippen LogP contribution in [-0.4, -0.2) is 22.4 Å². The smallest absolute Gasteiger partial charge is 0.0827 e. The van der Waals surface area contributed by atoms with E-state index >= 15 is 0 Å². The number of aliphatic hydroxyl groups excluding tert-OH is 2. The summed E-state index contributed by atoms with van der Waals surface area (Å²) < 4.78 is 0. The van der Waals surface area contributed by atoms with Crippen molar-refractivity contribution in [2.75, 3.05) is 0 Å². The minimum atomic E-state index is -0.572. The topological polar surface area (TPSA) is 40.5 Å². The zero-order chi connectivity index (χ0) is 9.84. The van der Waals surface area contributed by atoms with E-state index in [1.165, 1.54) is 19.3 Å². The van der Waals surface area contributed by atoms with E-state index in [9.17, 15) is 10.2 Å². The maximum atomic E-state index is 9.80. The largest absolute Gasteiger partial charge is 0.391 e. The van der Waals surface area contributed by atoms with Gasteiger partial charge >= 0.3 is 0 Å². The molecule has 4 unspecified atom stereocenters. The summed E-state index contributed by atoms with van der Waals surface area (Å²) in [6.07, 6.45) is 4.87. The zero-order valence-electron chi connectivity index (χ0n) is 8.74. The second-order valence-corrected chi connectivity index (χ2v) is 4.35. The highest BCUT2D eigenvalue weighted by Crippen LogP contribution is 2.35. The molecule has 13 heavy (non-hydrogen) atoms. The van der Waals surface area contributed by atoms with E-state index in [1.54, 1.807) is 6.92 Å². The molecule has 2 heteroatoms. The van der Waals surface area contributed by atoms with Gasteiger partial charge in [-0.15, -0.1) is 0 Å². The van der Waals surface area contributed by atoms with Crippen molar-refractivity contribution in [2.45, 2.75) is 58.2 Å². The molecule has 0 bridgehead atoms. The molecule has 1 aliphatic rings. The van der Waals surface area contributed by atoms with Crippen LogP contribution in [0, 0.1) is 11.8 Å². The fourth-order valence-electron chi connectivity index (χ4n) is 2.55. The second kappa shape index (κ2) is 4.97. The van der Waals surface area contributed by atoms with Crippen molar-refractivity contribution in [3.8, 4) is 0 Å². The van der Waals surface area contributed by atoms with Crippen molar-refractivity contribution < 1.29 is 10.2 Å². The van der Waals surface area contributed by atoms with E-state index < -0.39 is 12.2 Å². The van der Waals surface area contributed by atoms with Gasteiger partial charge in [-0.2, -0.15) is 0 Å². The molecule has 1 saturated carbocycles. The van der Waals surface area contributed by atoms with Gasteiger partial charge in [0.25, 0.3) is 0 Å². The third-order valence-electron chi connectivity index (χ3n) is 3.43. The quantitative estimate of drug-likeness (QED) is 0.707. The summed E-state index contributed by atoms with van der Waals surface area (Å²) in [7, 11) is 0. The number of hydrogen-bond acceptors (Lipinski definition) is 2. The molecule has 0 radical (unpaired) electrons. The SMILES string of the molecule is CCC1CCCCC1C(O)C(C)O. The predicted octanol–water partition coefficient (Wildman–Crippen LogP) is 1.94. The van der Waals surface area contributed by atoms with E-state index in [0.717, 1.165) is 12.8 Å². The average Bonchev–Trinajstić information content (AvgIpc) is 2.16. The molecule has 4 atom stereocenters. The molecule has 0 amide bonds. The van der Waals surface area contributed by atoms with Crippen LogP contribution >= 0.6 is 0 Å². The molecular weight excluding hydrogens is 164 g/mol. The molecule has 0 aromatic carbocycles. The van der Waals surface area contributed by atoms with Gasteiger partial charge in [0.15, 0.2) is 0 Å². The minimum absolute atomic E-state index is 0.332. The van der Waals surface area contributed by atoms with Crippen LogP contribution in [0.1, 0.15) is 46.0 Å². The van der Waals surface area contributed by atoms with Crippen LogP contribution in [0.25, 0.3) is 0 Å². The van der Waals surface area contributed by atoms with Crippen LogP contribution in [0.5, 0.6) is 0 Å². The van der Waals surface area contributed by atoms with Gasteiger partial charge in [-0.3, -0.25) is 0 Å². The first-order chi connectivity index (χ1) is 6.16. The van der Waals surface area contributed by atoms with Crippen LogP contribution in [-0.2, 0) is 0 Å². The molecular formula is C11H22O2. The zero-order valence-corrected chi connectivity index (χ0v) is 8.74. The summed E-state index contributed by atoms with van der Waals surface area (Å²) in [5.41, 5.74) is 0. The molecule has 0 aliphatic heterocycles. The summed E-state index contributed by atoms with van der Waals surface area (Å²) in [5.74, 6) is 0.956. The van der Waals surface area contributed by atoms with Crippen molar-refractivity contribution in [1.29, 1.82) is 0 Å². The third kappa shape index (κ3) is 2.68. The molecule has 2 N–H and O–H groups in total. The van der Waals surface area contributed by atoms with Crippen LogP contribution in [0.3, 0.4) is 0 Å². The lowest BCUT2D eigenvalue weighted by Gasteiger charge is -2.35. The monoisotopic (exact) mass is 186 g/mol. The Morgan fingerprint density at radius 3 is 2.38 bits per heavy atom. The first-order valence-corrected chi connectivity index (χ1v) is 5.53. The van der Waals surface area contributed by atoms with Crippen LogP contribution in [0.15, 0.2) is 0 Å². The highest BCUT2D eigenvalue weighted by atomic mass is 16.3. The Bertz CT molecular complexity index is 143. The maximum Gasteiger partial charge on any atom is 0.0827 e. The van der Waals surface area contributed by atoms with Crippen LogP contribution in [0.4, 0.5) is 0 Å². The Kier molecular flexibility index (Phi) is 4.20. The molecule has 2 nitrogen and oxygen atoms in total. The molecule has 0 spiro atoms. The molecule has 0 heterocycles. The molecule has 78 valence electrons. The summed E-state index contributed by atoms with van der Waals surface area (Å²) in [6, 6.07) is 0. The first-order valence-electron chi connectivity index (χ1n) is 5.53. The number of rotatable bonds is 3. The van der Waals surface area contributed by atoms with Crippen molar-refractivity contribution in [2.24, 2.45) is 11.8 Å². The fourth-order valence-corrected chi connectivity index (χ4v) is 2.55. The van der Waals surface area contributed by atoms with E-state index in [2.05, 4.69) is 6.92 Å². The summed E-state index contributed by atoms with van der Waals surface area (Å²) in [4.78, 5) is 0. The Hall–Kier alpha value is -0.0800. The van der Waals surface area contributed by atoms with Crippen LogP contribution < -0.4 is 0 Å². The Labute approximate surface area is 81.0 Å². The average molecular weight is 186 g/mol. The van der Waals surface area contributed by atoms with Gasteiger partial charge in [-0.25, -0.2) is 0 Å². The summed E-state index contributed by atoms with van der Waals surface area (Å²) in [6.45, 7) is 3.86. The highest BCUT2D eigenvalue weighted by molar-refractivity contribution is 4.82. The molecule has 1 rings (SSSR count). The lowest BCUT2D eigenvalue weighted by atomic mass is 9.74. The van der Waals surface area contributed by atoms with Gasteiger partial charge in [0, 0.05) is 0 Å². The maximum absolute atomic E-state index is 9.80. The predicted molar refractivity (Wildman–Crippen MR) is 53.4 cm³/mol. The van der Waals surface area contributed by atoms with Crippen LogP contribution in [0.2, 0.25) is 0 Å². The minimum Gasteiger partial charge on any atom is -0.391 e. The molecule has 1 aliphatic carbocycles. The van der Waals surface area contributed by atoms with Gasteiger partial charge < -0.3 is 10.2 Å². The van der Waals surface area contributed by atoms with Crippen molar-refractivity contribution in [3.63, 3.8) is 0 Å². The van der Waals surface area contributed by atoms with Gasteiger partial charge in [0.1, 0.15) is 0 Å². The molecule has 0 saturated heterocycles. The lowest BCUT2D eigenvalue weighted by Crippen LogP contribution is -2.37. The second-order valence-electron chi connectivity index (χ2n) is 4.35. The standard InChI is InChI=1S/C11H22O2/c1-3-9-6-4-5-7-10(9)11(13)8(2)12/h8-13H,3-7H2,1-2H3. The van der Waals surface area contributed by atoms with E-state index in [0.29, 0.717) is 11.8 Å². The number of aliphatic hydroxyl groups is 2. The fraction of sp³-hybridized carbons (Fsp3) is 1.00. The Morgan fingerprint density at radius 2 is 1.85 bits per heavy atom. The third-order valence-corrected chi connectivity index (χ3v) is 3.43. The van der Waals surface area contributed by atoms with Gasteiger partial charge in [-0.05, 0) is 25.2 Å². The van der Waals surface area contributed by atoms with Crippen molar-refractivity contribution in [1.82, 2.24) is 0 Å². The van der Waals surface area contributed by atoms with E-state index in [-0.39, 0.29) is 0 Å². The summed E-state index contributed by atoms with van der Waals surface area (Å²) >= 11 is 0. The molecule has 0 aromatic heterocycles. The normalized spacial score (nSPS) is 34.2. The lowest BCUT2D eigenvalue weighted by molar-refractivity contribution is -0.0375. The molecule has 0 aromatic rings. The van der Waals surface area contributed by atoms with Crippen molar-refractivity contribution >= 4 is 0 Å².